The minimum Gasteiger partial charge on any atom is -0.466 e. The number of hydrogen-bond donors (Lipinski definition) is 0. The average molecular weight is 449 g/mol. The lowest BCUT2D eigenvalue weighted by atomic mass is 9.77. The van der Waals surface area contributed by atoms with Gasteiger partial charge in [0.25, 0.3) is 0 Å². The Morgan fingerprint density at radius 1 is 0.968 bits per heavy atom. The van der Waals surface area contributed by atoms with Gasteiger partial charge in [-0.3, -0.25) is 4.79 Å². The van der Waals surface area contributed by atoms with Crippen molar-refractivity contribution in [3.05, 3.63) is 113 Å². The van der Waals surface area contributed by atoms with Gasteiger partial charge in [-0.1, -0.05) is 111 Å². The van der Waals surface area contributed by atoms with E-state index in [9.17, 15) is 4.79 Å². The van der Waals surface area contributed by atoms with Crippen LogP contribution in [0, 0.1) is 5.92 Å². The maximum absolute atomic E-state index is 13.0. The Bertz CT molecular complexity index is 995. The van der Waals surface area contributed by atoms with Crippen LogP contribution in [0.3, 0.4) is 0 Å². The van der Waals surface area contributed by atoms with E-state index in [0.29, 0.717) is 6.61 Å². The maximum atomic E-state index is 13.0. The summed E-state index contributed by atoms with van der Waals surface area (Å²) in [5.74, 6) is -0.548. The molecule has 1 aliphatic heterocycles. The lowest BCUT2D eigenvalue weighted by Gasteiger charge is -2.49. The quantitative estimate of drug-likeness (QED) is 0.331. The van der Waals surface area contributed by atoms with Gasteiger partial charge in [0.2, 0.25) is 0 Å². The first-order valence-corrected chi connectivity index (χ1v) is 12.6. The molecule has 2 nitrogen and oxygen atoms in total. The van der Waals surface area contributed by atoms with Gasteiger partial charge < -0.3 is 4.74 Å². The van der Waals surface area contributed by atoms with Crippen LogP contribution in [0.2, 0.25) is 0 Å². The first kappa shape index (κ1) is 21.8. The minimum atomic E-state index is -0.733. The third-order valence-electron chi connectivity index (χ3n) is 5.98. The van der Waals surface area contributed by atoms with Gasteiger partial charge in [0.15, 0.2) is 0 Å². The summed E-state index contributed by atoms with van der Waals surface area (Å²) in [5, 5.41) is 0.805. The number of ether oxygens (including phenoxy) is 1. The molecule has 0 aliphatic carbocycles. The number of halogens is 1. The molecule has 1 saturated heterocycles. The van der Waals surface area contributed by atoms with E-state index in [1.54, 1.807) is 5.54 Å². The molecule has 0 aromatic heterocycles. The van der Waals surface area contributed by atoms with Crippen molar-refractivity contribution in [2.45, 2.75) is 18.5 Å². The fraction of sp³-hybridized carbons (Fsp3) is 0.222. The van der Waals surface area contributed by atoms with E-state index in [2.05, 4.69) is 78.9 Å². The molecule has 31 heavy (non-hydrogen) atoms. The second kappa shape index (κ2) is 9.81. The van der Waals surface area contributed by atoms with Crippen molar-refractivity contribution in [3.63, 3.8) is 0 Å². The Hall–Kier alpha value is -2.41. The summed E-state index contributed by atoms with van der Waals surface area (Å²) in [7, 11) is -0.733. The zero-order valence-corrected chi connectivity index (χ0v) is 19.2. The zero-order valence-electron chi connectivity index (χ0n) is 17.6. The summed E-state index contributed by atoms with van der Waals surface area (Å²) in [6.07, 6.45) is 1.65. The normalized spacial score (nSPS) is 21.5. The van der Waals surface area contributed by atoms with Crippen LogP contribution in [0.4, 0.5) is 0 Å². The summed E-state index contributed by atoms with van der Waals surface area (Å²) in [5.41, 5.74) is 4.92. The zero-order chi connectivity index (χ0) is 21.7. The summed E-state index contributed by atoms with van der Waals surface area (Å²) in [6, 6.07) is 31.7. The Morgan fingerprint density at radius 3 is 1.97 bits per heavy atom. The Balaban J connectivity index is 2.03. The van der Waals surface area contributed by atoms with Crippen molar-refractivity contribution in [1.29, 1.82) is 0 Å². The number of carbonyl (C=O) groups is 1. The SMILES string of the molecule is CCOC(=O)C1CCP(c2ccccc2)C(c2ccccc2)(c2ccccc2)C1=CCl. The van der Waals surface area contributed by atoms with Crippen LogP contribution < -0.4 is 5.30 Å². The maximum Gasteiger partial charge on any atom is 0.313 e. The molecular weight excluding hydrogens is 423 g/mol. The fourth-order valence-corrected chi connectivity index (χ4v) is 8.61. The first-order chi connectivity index (χ1) is 15.2. The van der Waals surface area contributed by atoms with Gasteiger partial charge in [-0.25, -0.2) is 0 Å². The van der Waals surface area contributed by atoms with Gasteiger partial charge in [0, 0.05) is 5.54 Å². The lowest BCUT2D eigenvalue weighted by molar-refractivity contribution is -0.146. The molecule has 0 spiro atoms. The molecule has 0 radical (unpaired) electrons. The third-order valence-corrected chi connectivity index (χ3v) is 9.43. The van der Waals surface area contributed by atoms with Crippen molar-refractivity contribution >= 4 is 30.8 Å². The van der Waals surface area contributed by atoms with E-state index in [0.717, 1.165) is 29.3 Å². The molecular formula is C27H26ClO2P. The molecule has 0 saturated carbocycles. The van der Waals surface area contributed by atoms with E-state index in [1.807, 2.05) is 19.1 Å². The van der Waals surface area contributed by atoms with Crippen LogP contribution in [0.25, 0.3) is 0 Å². The van der Waals surface area contributed by atoms with Gasteiger partial charge in [-0.15, -0.1) is 0 Å². The lowest BCUT2D eigenvalue weighted by Crippen LogP contribution is -2.42. The highest BCUT2D eigenvalue weighted by Gasteiger charge is 2.52. The smallest absolute Gasteiger partial charge is 0.313 e. The molecule has 158 valence electrons. The van der Waals surface area contributed by atoms with Crippen LogP contribution in [0.5, 0.6) is 0 Å². The fourth-order valence-electron chi connectivity index (χ4n) is 4.73. The standard InChI is InChI=1S/C27H26ClO2P/c1-2-30-26(29)24-18-19-31(23-16-10-5-11-17-23)27(25(24)20-28,21-12-6-3-7-13-21)22-14-8-4-9-15-22/h3-17,20,24H,2,18-19H2,1H3. The van der Waals surface area contributed by atoms with E-state index >= 15 is 0 Å². The minimum absolute atomic E-state index is 0.187. The first-order valence-electron chi connectivity index (χ1n) is 10.6. The summed E-state index contributed by atoms with van der Waals surface area (Å²) < 4.78 is 5.49. The van der Waals surface area contributed by atoms with E-state index < -0.39 is 13.1 Å². The molecule has 4 heteroatoms. The largest absolute Gasteiger partial charge is 0.466 e. The van der Waals surface area contributed by atoms with Gasteiger partial charge in [0.05, 0.1) is 17.7 Å². The Kier molecular flexibility index (Phi) is 6.90. The second-order valence-electron chi connectivity index (χ2n) is 7.59. The van der Waals surface area contributed by atoms with Gasteiger partial charge in [0.1, 0.15) is 0 Å². The van der Waals surface area contributed by atoms with Crippen molar-refractivity contribution in [1.82, 2.24) is 0 Å². The van der Waals surface area contributed by atoms with Crippen molar-refractivity contribution < 1.29 is 9.53 Å². The summed E-state index contributed by atoms with van der Waals surface area (Å²) >= 11 is 6.60. The molecule has 1 heterocycles. The van der Waals surface area contributed by atoms with Crippen LogP contribution in [-0.4, -0.2) is 18.7 Å². The number of esters is 1. The molecule has 1 fully saturated rings. The number of carbonyl (C=O) groups excluding carboxylic acids is 1. The Morgan fingerprint density at radius 2 is 1.48 bits per heavy atom. The topological polar surface area (TPSA) is 26.3 Å². The molecule has 2 atom stereocenters. The van der Waals surface area contributed by atoms with Gasteiger partial charge >= 0.3 is 5.97 Å². The molecule has 4 rings (SSSR count). The van der Waals surface area contributed by atoms with Crippen LogP contribution >= 0.6 is 19.5 Å². The number of hydrogen-bond acceptors (Lipinski definition) is 2. The summed E-state index contributed by atoms with van der Waals surface area (Å²) in [6.45, 7) is 2.21. The predicted molar refractivity (Wildman–Crippen MR) is 130 cm³/mol. The van der Waals surface area contributed by atoms with Crippen molar-refractivity contribution in [2.75, 3.05) is 12.8 Å². The van der Waals surface area contributed by atoms with Crippen LogP contribution in [0.15, 0.2) is 102 Å². The van der Waals surface area contributed by atoms with Crippen LogP contribution in [-0.2, 0) is 14.7 Å². The predicted octanol–water partition coefficient (Wildman–Crippen LogP) is 6.44. The number of rotatable bonds is 5. The molecule has 1 aliphatic rings. The molecule has 2 unspecified atom stereocenters. The monoisotopic (exact) mass is 448 g/mol. The average Bonchev–Trinajstić information content (AvgIpc) is 2.84. The highest BCUT2D eigenvalue weighted by atomic mass is 35.5. The molecule has 0 N–H and O–H groups in total. The highest BCUT2D eigenvalue weighted by molar-refractivity contribution is 7.67. The molecule has 0 amide bonds. The van der Waals surface area contributed by atoms with Gasteiger partial charge in [-0.05, 0) is 41.5 Å². The summed E-state index contributed by atoms with van der Waals surface area (Å²) in [4.78, 5) is 13.0. The van der Waals surface area contributed by atoms with E-state index in [-0.39, 0.29) is 11.9 Å². The Labute approximate surface area is 190 Å². The van der Waals surface area contributed by atoms with Crippen molar-refractivity contribution in [3.8, 4) is 0 Å². The molecule has 0 bridgehead atoms. The van der Waals surface area contributed by atoms with E-state index in [4.69, 9.17) is 16.3 Å². The highest BCUT2D eigenvalue weighted by Crippen LogP contribution is 2.67. The molecule has 3 aromatic rings. The van der Waals surface area contributed by atoms with Crippen molar-refractivity contribution in [2.24, 2.45) is 5.92 Å². The second-order valence-corrected chi connectivity index (χ2v) is 10.3. The molecule has 3 aromatic carbocycles. The van der Waals surface area contributed by atoms with Gasteiger partial charge in [-0.2, -0.15) is 0 Å². The van der Waals surface area contributed by atoms with Crippen LogP contribution in [0.1, 0.15) is 24.5 Å². The third kappa shape index (κ3) is 3.95. The van der Waals surface area contributed by atoms with E-state index in [1.165, 1.54) is 5.30 Å². The number of benzene rings is 3.